The zero-order valence-electron chi connectivity index (χ0n) is 14.1. The third-order valence-electron chi connectivity index (χ3n) is 4.02. The number of carbonyl (C=O) groups is 2. The number of hydrogen-bond acceptors (Lipinski definition) is 2. The molecule has 1 aromatic heterocycles. The predicted octanol–water partition coefficient (Wildman–Crippen LogP) is 4.06. The molecule has 0 aliphatic heterocycles. The van der Waals surface area contributed by atoms with E-state index in [1.165, 1.54) is 6.92 Å². The van der Waals surface area contributed by atoms with E-state index in [9.17, 15) is 9.59 Å². The van der Waals surface area contributed by atoms with E-state index in [0.29, 0.717) is 24.5 Å². The first kappa shape index (κ1) is 16.7. The van der Waals surface area contributed by atoms with E-state index in [0.717, 1.165) is 11.1 Å². The number of H-pyrrole nitrogens is 1. The van der Waals surface area contributed by atoms with Gasteiger partial charge in [-0.3, -0.25) is 9.59 Å². The molecule has 126 valence electrons. The van der Waals surface area contributed by atoms with Crippen molar-refractivity contribution in [1.82, 2.24) is 9.88 Å². The summed E-state index contributed by atoms with van der Waals surface area (Å²) in [6.45, 7) is 2.48. The number of amides is 1. The maximum atomic E-state index is 13.0. The van der Waals surface area contributed by atoms with Gasteiger partial charge in [0.2, 0.25) is 0 Å². The number of aromatic amines is 1. The Bertz CT molecular complexity index is 812. The molecule has 0 aliphatic carbocycles. The van der Waals surface area contributed by atoms with Gasteiger partial charge in [0, 0.05) is 20.0 Å². The Balaban J connectivity index is 1.86. The molecule has 0 atom stereocenters. The fourth-order valence-electron chi connectivity index (χ4n) is 2.70. The van der Waals surface area contributed by atoms with Crippen molar-refractivity contribution in [3.05, 3.63) is 95.3 Å². The van der Waals surface area contributed by atoms with Gasteiger partial charge in [0.05, 0.1) is 5.69 Å². The SMILES string of the molecule is CC(=O)c1ccc(C(=O)N(Cc2ccccc2)Cc2ccccc2)[nH]1. The molecule has 0 unspecified atom stereocenters. The molecule has 4 nitrogen and oxygen atoms in total. The number of aromatic nitrogens is 1. The Hall–Kier alpha value is -3.14. The molecule has 3 aromatic rings. The summed E-state index contributed by atoms with van der Waals surface area (Å²) in [6.07, 6.45) is 0. The number of benzene rings is 2. The van der Waals surface area contributed by atoms with E-state index in [-0.39, 0.29) is 11.7 Å². The maximum Gasteiger partial charge on any atom is 0.270 e. The van der Waals surface area contributed by atoms with Gasteiger partial charge in [-0.05, 0) is 23.3 Å². The Morgan fingerprint density at radius 3 is 1.68 bits per heavy atom. The highest BCUT2D eigenvalue weighted by molar-refractivity contribution is 5.97. The lowest BCUT2D eigenvalue weighted by Crippen LogP contribution is -2.30. The van der Waals surface area contributed by atoms with Crippen molar-refractivity contribution in [3.8, 4) is 0 Å². The Morgan fingerprint density at radius 1 is 0.760 bits per heavy atom. The van der Waals surface area contributed by atoms with Gasteiger partial charge in [0.25, 0.3) is 5.91 Å². The Morgan fingerprint density at radius 2 is 1.24 bits per heavy atom. The summed E-state index contributed by atoms with van der Waals surface area (Å²) < 4.78 is 0. The van der Waals surface area contributed by atoms with Crippen LogP contribution in [0.5, 0.6) is 0 Å². The summed E-state index contributed by atoms with van der Waals surface area (Å²) in [5.74, 6) is -0.211. The predicted molar refractivity (Wildman–Crippen MR) is 97.3 cm³/mol. The van der Waals surface area contributed by atoms with E-state index in [1.807, 2.05) is 60.7 Å². The molecule has 25 heavy (non-hydrogen) atoms. The van der Waals surface area contributed by atoms with Crippen LogP contribution >= 0.6 is 0 Å². The fraction of sp³-hybridized carbons (Fsp3) is 0.143. The van der Waals surface area contributed by atoms with Crippen LogP contribution in [0, 0.1) is 0 Å². The normalized spacial score (nSPS) is 10.4. The standard InChI is InChI=1S/C21H20N2O2/c1-16(24)19-12-13-20(22-19)21(25)23(14-17-8-4-2-5-9-17)15-18-10-6-3-7-11-18/h2-13,22H,14-15H2,1H3. The Labute approximate surface area is 147 Å². The zero-order valence-corrected chi connectivity index (χ0v) is 14.1. The number of nitrogens with zero attached hydrogens (tertiary/aromatic N) is 1. The summed E-state index contributed by atoms with van der Waals surface area (Å²) in [7, 11) is 0. The van der Waals surface area contributed by atoms with Gasteiger partial charge in [0.15, 0.2) is 5.78 Å². The number of nitrogens with one attached hydrogen (secondary N) is 1. The Kier molecular flexibility index (Phi) is 5.09. The van der Waals surface area contributed by atoms with Crippen molar-refractivity contribution in [2.24, 2.45) is 0 Å². The molecule has 2 aromatic carbocycles. The van der Waals surface area contributed by atoms with Crippen molar-refractivity contribution in [1.29, 1.82) is 0 Å². The second kappa shape index (κ2) is 7.62. The first-order chi connectivity index (χ1) is 12.1. The molecule has 0 aliphatic rings. The van der Waals surface area contributed by atoms with Crippen molar-refractivity contribution >= 4 is 11.7 Å². The van der Waals surface area contributed by atoms with Crippen LogP contribution in [0.2, 0.25) is 0 Å². The summed E-state index contributed by atoms with van der Waals surface area (Å²) in [5.41, 5.74) is 3.00. The lowest BCUT2D eigenvalue weighted by Gasteiger charge is -2.22. The van der Waals surface area contributed by atoms with Crippen LogP contribution in [0.1, 0.15) is 39.0 Å². The molecule has 0 spiro atoms. The number of carbonyl (C=O) groups excluding carboxylic acids is 2. The summed E-state index contributed by atoms with van der Waals surface area (Å²) in [5, 5.41) is 0. The highest BCUT2D eigenvalue weighted by Crippen LogP contribution is 2.14. The third-order valence-corrected chi connectivity index (χ3v) is 4.02. The van der Waals surface area contributed by atoms with Crippen LogP contribution in [0.15, 0.2) is 72.8 Å². The van der Waals surface area contributed by atoms with Crippen LogP contribution in [-0.4, -0.2) is 21.6 Å². The second-order valence-corrected chi connectivity index (χ2v) is 5.97. The third kappa shape index (κ3) is 4.23. The van der Waals surface area contributed by atoms with Crippen LogP contribution < -0.4 is 0 Å². The van der Waals surface area contributed by atoms with Gasteiger partial charge in [-0.2, -0.15) is 0 Å². The topological polar surface area (TPSA) is 53.2 Å². The molecule has 1 heterocycles. The van der Waals surface area contributed by atoms with Crippen molar-refractivity contribution in [2.75, 3.05) is 0 Å². The molecular weight excluding hydrogens is 312 g/mol. The zero-order chi connectivity index (χ0) is 17.6. The van der Waals surface area contributed by atoms with Gasteiger partial charge in [-0.15, -0.1) is 0 Å². The van der Waals surface area contributed by atoms with Crippen LogP contribution in [0.25, 0.3) is 0 Å². The fourth-order valence-corrected chi connectivity index (χ4v) is 2.70. The quantitative estimate of drug-likeness (QED) is 0.692. The average Bonchev–Trinajstić information content (AvgIpc) is 3.13. The number of hydrogen-bond donors (Lipinski definition) is 1. The molecule has 0 saturated heterocycles. The van der Waals surface area contributed by atoms with E-state index < -0.39 is 0 Å². The molecule has 1 N–H and O–H groups in total. The molecule has 0 radical (unpaired) electrons. The monoisotopic (exact) mass is 332 g/mol. The van der Waals surface area contributed by atoms with Gasteiger partial charge in [-0.1, -0.05) is 60.7 Å². The van der Waals surface area contributed by atoms with Crippen LogP contribution in [0.3, 0.4) is 0 Å². The first-order valence-corrected chi connectivity index (χ1v) is 8.20. The minimum Gasteiger partial charge on any atom is -0.348 e. The highest BCUT2D eigenvalue weighted by atomic mass is 16.2. The number of Topliss-reactive ketones (excluding diaryl/α,β-unsaturated/α-hetero) is 1. The van der Waals surface area contributed by atoms with E-state index in [1.54, 1.807) is 17.0 Å². The lowest BCUT2D eigenvalue weighted by molar-refractivity contribution is 0.0724. The first-order valence-electron chi connectivity index (χ1n) is 8.20. The minimum absolute atomic E-state index is 0.0864. The van der Waals surface area contributed by atoms with E-state index in [4.69, 9.17) is 0 Å². The molecule has 1 amide bonds. The van der Waals surface area contributed by atoms with Crippen molar-refractivity contribution < 1.29 is 9.59 Å². The molecule has 0 saturated carbocycles. The molecule has 0 bridgehead atoms. The molecule has 3 rings (SSSR count). The van der Waals surface area contributed by atoms with Crippen LogP contribution in [-0.2, 0) is 13.1 Å². The molecular formula is C21H20N2O2. The molecule has 0 fully saturated rings. The van der Waals surface area contributed by atoms with Crippen LogP contribution in [0.4, 0.5) is 0 Å². The summed E-state index contributed by atoms with van der Waals surface area (Å²) in [6, 6.07) is 23.1. The summed E-state index contributed by atoms with van der Waals surface area (Å²) in [4.78, 5) is 29.2. The van der Waals surface area contributed by atoms with Gasteiger partial charge < -0.3 is 9.88 Å². The van der Waals surface area contributed by atoms with Gasteiger partial charge >= 0.3 is 0 Å². The number of rotatable bonds is 6. The number of ketones is 1. The largest absolute Gasteiger partial charge is 0.348 e. The maximum absolute atomic E-state index is 13.0. The minimum atomic E-state index is -0.125. The van der Waals surface area contributed by atoms with E-state index in [2.05, 4.69) is 4.98 Å². The smallest absolute Gasteiger partial charge is 0.270 e. The van der Waals surface area contributed by atoms with Gasteiger partial charge in [0.1, 0.15) is 5.69 Å². The summed E-state index contributed by atoms with van der Waals surface area (Å²) >= 11 is 0. The molecule has 4 heteroatoms. The highest BCUT2D eigenvalue weighted by Gasteiger charge is 2.19. The second-order valence-electron chi connectivity index (χ2n) is 5.97. The lowest BCUT2D eigenvalue weighted by atomic mass is 10.1. The average molecular weight is 332 g/mol. The van der Waals surface area contributed by atoms with E-state index >= 15 is 0 Å². The van der Waals surface area contributed by atoms with Crippen molar-refractivity contribution in [3.63, 3.8) is 0 Å². The van der Waals surface area contributed by atoms with Gasteiger partial charge in [-0.25, -0.2) is 0 Å². The van der Waals surface area contributed by atoms with Crippen molar-refractivity contribution in [2.45, 2.75) is 20.0 Å².